The van der Waals surface area contributed by atoms with Gasteiger partial charge in [0.15, 0.2) is 0 Å². The molecule has 4 rings (SSSR count). The molecule has 2 atom stereocenters. The molecule has 2 heteroatoms. The fourth-order valence-corrected chi connectivity index (χ4v) is 4.04. The van der Waals surface area contributed by atoms with Crippen molar-refractivity contribution in [3.8, 4) is 5.75 Å². The van der Waals surface area contributed by atoms with Gasteiger partial charge in [-0.2, -0.15) is 0 Å². The van der Waals surface area contributed by atoms with Crippen molar-refractivity contribution in [3.05, 3.63) is 102 Å². The van der Waals surface area contributed by atoms with Gasteiger partial charge in [0.05, 0.1) is 0 Å². The highest BCUT2D eigenvalue weighted by Crippen LogP contribution is 2.52. The predicted octanol–water partition coefficient (Wildman–Crippen LogP) is 7.43. The van der Waals surface area contributed by atoms with E-state index in [0.29, 0.717) is 0 Å². The van der Waals surface area contributed by atoms with E-state index in [1.54, 1.807) is 0 Å². The Morgan fingerprint density at radius 1 is 0.633 bits per heavy atom. The lowest BCUT2D eigenvalue weighted by Gasteiger charge is -2.45. The number of ether oxygens (including phenoxy) is 1. The van der Waals surface area contributed by atoms with Crippen LogP contribution >= 0.6 is 0 Å². The lowest BCUT2D eigenvalue weighted by atomic mass is 9.68. The minimum atomic E-state index is -0.282. The zero-order valence-electron chi connectivity index (χ0n) is 19.6. The molecule has 30 heavy (non-hydrogen) atoms. The molecule has 0 fully saturated rings. The summed E-state index contributed by atoms with van der Waals surface area (Å²) in [7, 11) is 1.00. The van der Waals surface area contributed by atoms with Crippen molar-refractivity contribution in [3.63, 3.8) is 0 Å². The zero-order chi connectivity index (χ0) is 22.6. The number of fused-ring (bicyclic) bond motifs is 1. The number of hydrogen-bond acceptors (Lipinski definition) is 2. The second-order valence-corrected chi connectivity index (χ2v) is 7.02. The van der Waals surface area contributed by atoms with Crippen LogP contribution in [0.25, 0.3) is 0 Å². The Kier molecular flexibility index (Phi) is 10.9. The summed E-state index contributed by atoms with van der Waals surface area (Å²) in [5.41, 5.74) is 3.66. The van der Waals surface area contributed by atoms with E-state index < -0.39 is 0 Å². The van der Waals surface area contributed by atoms with Gasteiger partial charge < -0.3 is 9.84 Å². The number of hydrogen-bond donors (Lipinski definition) is 1. The number of aliphatic hydroxyl groups excluding tert-OH is 1. The van der Waals surface area contributed by atoms with Gasteiger partial charge in [0.25, 0.3) is 0 Å². The number of rotatable bonds is 2. The first-order valence-electron chi connectivity index (χ1n) is 11.0. The zero-order valence-corrected chi connectivity index (χ0v) is 19.6. The SMILES string of the molecule is CC.CC.CC1(C)Oc2ccccc2[C@@H](c2ccccc2)[C@@H]1c1ccccc1.CO. The Hall–Kier alpha value is -2.58. The molecule has 0 radical (unpaired) electrons. The van der Waals surface area contributed by atoms with Crippen LogP contribution in [0.3, 0.4) is 0 Å². The monoisotopic (exact) mass is 406 g/mol. The molecule has 1 N–H and O–H groups in total. The molecule has 3 aromatic rings. The van der Waals surface area contributed by atoms with Crippen LogP contribution < -0.4 is 4.74 Å². The maximum atomic E-state index is 7.00. The van der Waals surface area contributed by atoms with Gasteiger partial charge in [-0.15, -0.1) is 0 Å². The molecule has 0 aromatic heterocycles. The van der Waals surface area contributed by atoms with Crippen LogP contribution in [-0.2, 0) is 0 Å². The van der Waals surface area contributed by atoms with Crippen LogP contribution in [-0.4, -0.2) is 17.8 Å². The van der Waals surface area contributed by atoms with Crippen molar-refractivity contribution in [2.24, 2.45) is 0 Å². The Morgan fingerprint density at radius 2 is 1.07 bits per heavy atom. The van der Waals surface area contributed by atoms with E-state index in [-0.39, 0.29) is 17.4 Å². The third kappa shape index (κ3) is 5.73. The van der Waals surface area contributed by atoms with Crippen LogP contribution in [0.15, 0.2) is 84.9 Å². The van der Waals surface area contributed by atoms with Gasteiger partial charge in [0, 0.05) is 24.5 Å². The maximum absolute atomic E-state index is 7.00. The quantitative estimate of drug-likeness (QED) is 0.479. The summed E-state index contributed by atoms with van der Waals surface area (Å²) >= 11 is 0. The summed E-state index contributed by atoms with van der Waals surface area (Å²) in [6.45, 7) is 12.4. The average Bonchev–Trinajstić information content (AvgIpc) is 2.82. The van der Waals surface area contributed by atoms with Crippen LogP contribution in [0, 0.1) is 0 Å². The van der Waals surface area contributed by atoms with Crippen LogP contribution in [0.4, 0.5) is 0 Å². The highest BCUT2D eigenvalue weighted by Gasteiger charge is 2.44. The molecule has 3 aromatic carbocycles. The van der Waals surface area contributed by atoms with E-state index >= 15 is 0 Å². The van der Waals surface area contributed by atoms with Gasteiger partial charge in [0.1, 0.15) is 11.4 Å². The highest BCUT2D eigenvalue weighted by atomic mass is 16.5. The second kappa shape index (κ2) is 12.9. The van der Waals surface area contributed by atoms with Gasteiger partial charge in [-0.25, -0.2) is 0 Å². The number of para-hydroxylation sites is 1. The number of benzene rings is 3. The van der Waals surface area contributed by atoms with Crippen molar-refractivity contribution in [2.45, 2.75) is 59.0 Å². The molecule has 0 saturated heterocycles. The van der Waals surface area contributed by atoms with Gasteiger partial charge in [-0.1, -0.05) is 107 Å². The second-order valence-electron chi connectivity index (χ2n) is 7.02. The lowest BCUT2D eigenvalue weighted by Crippen LogP contribution is -2.43. The Morgan fingerprint density at radius 3 is 1.60 bits per heavy atom. The minimum Gasteiger partial charge on any atom is -0.487 e. The minimum absolute atomic E-state index is 0.260. The first-order valence-corrected chi connectivity index (χ1v) is 11.0. The fourth-order valence-electron chi connectivity index (χ4n) is 4.04. The summed E-state index contributed by atoms with van der Waals surface area (Å²) in [5.74, 6) is 1.55. The molecule has 0 unspecified atom stereocenters. The van der Waals surface area contributed by atoms with E-state index in [1.807, 2.05) is 27.7 Å². The summed E-state index contributed by atoms with van der Waals surface area (Å²) in [6, 6.07) is 30.0. The summed E-state index contributed by atoms with van der Waals surface area (Å²) in [4.78, 5) is 0. The molecule has 0 aliphatic carbocycles. The lowest BCUT2D eigenvalue weighted by molar-refractivity contribution is 0.0531. The van der Waals surface area contributed by atoms with Crippen molar-refractivity contribution in [1.82, 2.24) is 0 Å². The van der Waals surface area contributed by atoms with E-state index in [4.69, 9.17) is 9.84 Å². The van der Waals surface area contributed by atoms with Crippen molar-refractivity contribution >= 4 is 0 Å². The molecule has 1 aliphatic rings. The van der Waals surface area contributed by atoms with Crippen LogP contribution in [0.1, 0.15) is 70.1 Å². The van der Waals surface area contributed by atoms with Gasteiger partial charge in [-0.3, -0.25) is 0 Å². The molecule has 162 valence electrons. The molecule has 1 heterocycles. The topological polar surface area (TPSA) is 29.5 Å². The van der Waals surface area contributed by atoms with Gasteiger partial charge in [0.2, 0.25) is 0 Å². The van der Waals surface area contributed by atoms with E-state index in [9.17, 15) is 0 Å². The molecule has 0 amide bonds. The molecule has 0 saturated carbocycles. The summed E-state index contributed by atoms with van der Waals surface area (Å²) in [5, 5.41) is 7.00. The molecule has 2 nitrogen and oxygen atoms in total. The molecular formula is C28H38O2. The molecular weight excluding hydrogens is 368 g/mol. The maximum Gasteiger partial charge on any atom is 0.123 e. The number of aliphatic hydroxyl groups is 1. The van der Waals surface area contributed by atoms with E-state index in [2.05, 4.69) is 98.8 Å². The smallest absolute Gasteiger partial charge is 0.123 e. The average molecular weight is 407 g/mol. The highest BCUT2D eigenvalue weighted by molar-refractivity contribution is 5.49. The molecule has 0 spiro atoms. The Labute approximate surface area is 183 Å². The van der Waals surface area contributed by atoms with E-state index in [0.717, 1.165) is 12.9 Å². The standard InChI is InChI=1S/C23H22O.2C2H6.CH4O/c1-23(2)22(18-13-7-4-8-14-18)21(17-11-5-3-6-12-17)19-15-9-10-16-20(19)24-23;3*1-2/h3-16,21-22H,1-2H3;2*1-2H3;2H,1H3/t21-,22+;;;/m1.../s1. The summed E-state index contributed by atoms with van der Waals surface area (Å²) < 4.78 is 6.44. The van der Waals surface area contributed by atoms with Crippen molar-refractivity contribution in [1.29, 1.82) is 0 Å². The largest absolute Gasteiger partial charge is 0.487 e. The van der Waals surface area contributed by atoms with Crippen LogP contribution in [0.2, 0.25) is 0 Å². The Balaban J connectivity index is 0.000000691. The van der Waals surface area contributed by atoms with Crippen molar-refractivity contribution in [2.75, 3.05) is 7.11 Å². The van der Waals surface area contributed by atoms with E-state index in [1.165, 1.54) is 16.7 Å². The van der Waals surface area contributed by atoms with Gasteiger partial charge in [-0.05, 0) is 31.0 Å². The first-order chi connectivity index (χ1) is 14.7. The third-order valence-electron chi connectivity index (χ3n) is 5.03. The van der Waals surface area contributed by atoms with Crippen molar-refractivity contribution < 1.29 is 9.84 Å². The van der Waals surface area contributed by atoms with Crippen LogP contribution in [0.5, 0.6) is 5.75 Å². The molecule has 0 bridgehead atoms. The normalized spacial score (nSPS) is 17.9. The predicted molar refractivity (Wildman–Crippen MR) is 129 cm³/mol. The van der Waals surface area contributed by atoms with Gasteiger partial charge >= 0.3 is 0 Å². The summed E-state index contributed by atoms with van der Waals surface area (Å²) in [6.07, 6.45) is 0. The third-order valence-corrected chi connectivity index (χ3v) is 5.03. The first kappa shape index (κ1) is 25.5. The molecule has 1 aliphatic heterocycles. The fraction of sp³-hybridized carbons (Fsp3) is 0.357. The Bertz CT molecular complexity index is 826.